The van der Waals surface area contributed by atoms with Crippen LogP contribution in [0.25, 0.3) is 6.08 Å². The fourth-order valence-electron chi connectivity index (χ4n) is 0.754. The minimum atomic E-state index is -0.0361. The van der Waals surface area contributed by atoms with E-state index in [1.165, 1.54) is 13.0 Å². The smallest absolute Gasteiger partial charge is 0.152 e. The van der Waals surface area contributed by atoms with Crippen LogP contribution in [0, 0.1) is 0 Å². The molecule has 0 radical (unpaired) electrons. The molecule has 0 N–H and O–H groups in total. The maximum atomic E-state index is 10.6. The number of hydrogen-bond acceptors (Lipinski definition) is 2. The standard InChI is InChI=1S/C9H7Cl2NO/c1-6(13)2-3-7-4-5-8(10)12-9(7)11/h2-5H,1H3/b3-2+. The lowest BCUT2D eigenvalue weighted by atomic mass is 10.2. The second kappa shape index (κ2) is 4.40. The van der Waals surface area contributed by atoms with Crippen LogP contribution in [-0.4, -0.2) is 10.8 Å². The first kappa shape index (κ1) is 10.2. The molecule has 1 aromatic rings. The van der Waals surface area contributed by atoms with Crippen LogP contribution in [0.2, 0.25) is 10.3 Å². The van der Waals surface area contributed by atoms with Gasteiger partial charge in [0.25, 0.3) is 0 Å². The third kappa shape index (κ3) is 3.17. The summed E-state index contributed by atoms with van der Waals surface area (Å²) in [6.07, 6.45) is 3.03. The summed E-state index contributed by atoms with van der Waals surface area (Å²) in [6.45, 7) is 1.47. The van der Waals surface area contributed by atoms with Crippen molar-refractivity contribution in [3.63, 3.8) is 0 Å². The van der Waals surface area contributed by atoms with Gasteiger partial charge in [0, 0.05) is 5.56 Å². The van der Waals surface area contributed by atoms with Gasteiger partial charge in [-0.15, -0.1) is 0 Å². The lowest BCUT2D eigenvalue weighted by molar-refractivity contribution is -0.112. The van der Waals surface area contributed by atoms with Gasteiger partial charge >= 0.3 is 0 Å². The molecular formula is C9H7Cl2NO. The molecule has 0 amide bonds. The van der Waals surface area contributed by atoms with Crippen LogP contribution in [0.4, 0.5) is 0 Å². The Bertz CT molecular complexity index is 361. The van der Waals surface area contributed by atoms with E-state index in [-0.39, 0.29) is 5.78 Å². The van der Waals surface area contributed by atoms with Gasteiger partial charge in [0.1, 0.15) is 10.3 Å². The number of ketones is 1. The largest absolute Gasteiger partial charge is 0.295 e. The molecule has 13 heavy (non-hydrogen) atoms. The minimum absolute atomic E-state index is 0.0361. The summed E-state index contributed by atoms with van der Waals surface area (Å²) in [5.41, 5.74) is 0.682. The molecule has 0 bridgehead atoms. The van der Waals surface area contributed by atoms with Crippen molar-refractivity contribution in [2.75, 3.05) is 0 Å². The van der Waals surface area contributed by atoms with Gasteiger partial charge in [-0.2, -0.15) is 0 Å². The number of aromatic nitrogens is 1. The normalized spacial score (nSPS) is 10.7. The van der Waals surface area contributed by atoms with Crippen molar-refractivity contribution < 1.29 is 4.79 Å². The van der Waals surface area contributed by atoms with Gasteiger partial charge in [-0.25, -0.2) is 4.98 Å². The molecule has 0 atom stereocenters. The van der Waals surface area contributed by atoms with E-state index in [1.807, 2.05) is 0 Å². The Hall–Kier alpha value is -0.860. The van der Waals surface area contributed by atoms with Gasteiger partial charge in [0.15, 0.2) is 5.78 Å². The van der Waals surface area contributed by atoms with Crippen molar-refractivity contribution in [3.05, 3.63) is 34.1 Å². The Labute approximate surface area is 86.2 Å². The van der Waals surface area contributed by atoms with E-state index >= 15 is 0 Å². The van der Waals surface area contributed by atoms with E-state index in [9.17, 15) is 4.79 Å². The molecule has 0 fully saturated rings. The Morgan fingerprint density at radius 3 is 2.69 bits per heavy atom. The molecule has 0 spiro atoms. The number of allylic oxidation sites excluding steroid dienone is 1. The van der Waals surface area contributed by atoms with Crippen molar-refractivity contribution in [3.8, 4) is 0 Å². The SMILES string of the molecule is CC(=O)/C=C/c1ccc(Cl)nc1Cl. The average molecular weight is 216 g/mol. The molecule has 0 aliphatic heterocycles. The van der Waals surface area contributed by atoms with E-state index < -0.39 is 0 Å². The van der Waals surface area contributed by atoms with Gasteiger partial charge in [0.05, 0.1) is 0 Å². The first-order valence-electron chi connectivity index (χ1n) is 3.60. The predicted octanol–water partition coefficient (Wildman–Crippen LogP) is 2.99. The minimum Gasteiger partial charge on any atom is -0.295 e. The zero-order chi connectivity index (χ0) is 9.84. The highest BCUT2D eigenvalue weighted by Gasteiger charge is 1.98. The van der Waals surface area contributed by atoms with E-state index in [2.05, 4.69) is 4.98 Å². The second-order valence-corrected chi connectivity index (χ2v) is 3.20. The van der Waals surface area contributed by atoms with E-state index in [1.54, 1.807) is 18.2 Å². The number of pyridine rings is 1. The Balaban J connectivity index is 2.96. The summed E-state index contributed by atoms with van der Waals surface area (Å²) < 4.78 is 0. The first-order valence-corrected chi connectivity index (χ1v) is 4.36. The van der Waals surface area contributed by atoms with Crippen LogP contribution in [0.3, 0.4) is 0 Å². The zero-order valence-electron chi connectivity index (χ0n) is 6.92. The van der Waals surface area contributed by atoms with Gasteiger partial charge in [0.2, 0.25) is 0 Å². The molecule has 0 saturated heterocycles. The molecule has 68 valence electrons. The summed E-state index contributed by atoms with van der Waals surface area (Å²) in [5, 5.41) is 0.634. The van der Waals surface area contributed by atoms with Crippen molar-refractivity contribution in [2.45, 2.75) is 6.92 Å². The highest BCUT2D eigenvalue weighted by atomic mass is 35.5. The third-order valence-electron chi connectivity index (χ3n) is 1.34. The van der Waals surface area contributed by atoms with Crippen LogP contribution >= 0.6 is 23.2 Å². The lowest BCUT2D eigenvalue weighted by Gasteiger charge is -1.96. The molecule has 0 aromatic carbocycles. The Morgan fingerprint density at radius 1 is 1.46 bits per heavy atom. The van der Waals surface area contributed by atoms with Gasteiger partial charge < -0.3 is 0 Å². The molecule has 0 unspecified atom stereocenters. The number of hydrogen-bond donors (Lipinski definition) is 0. The molecule has 1 rings (SSSR count). The first-order chi connectivity index (χ1) is 6.09. The maximum Gasteiger partial charge on any atom is 0.152 e. The Kier molecular flexibility index (Phi) is 3.46. The van der Waals surface area contributed by atoms with Crippen molar-refractivity contribution in [2.24, 2.45) is 0 Å². The van der Waals surface area contributed by atoms with Crippen LogP contribution in [0.1, 0.15) is 12.5 Å². The van der Waals surface area contributed by atoms with Crippen molar-refractivity contribution in [1.82, 2.24) is 4.98 Å². The fraction of sp³-hybridized carbons (Fsp3) is 0.111. The molecule has 2 nitrogen and oxygen atoms in total. The zero-order valence-corrected chi connectivity index (χ0v) is 8.43. The lowest BCUT2D eigenvalue weighted by Crippen LogP contribution is -1.84. The predicted molar refractivity (Wildman–Crippen MR) is 54.0 cm³/mol. The highest BCUT2D eigenvalue weighted by Crippen LogP contribution is 2.17. The monoisotopic (exact) mass is 215 g/mol. The fourth-order valence-corrected chi connectivity index (χ4v) is 1.16. The summed E-state index contributed by atoms with van der Waals surface area (Å²) in [5.74, 6) is -0.0361. The number of carbonyl (C=O) groups excluding carboxylic acids is 1. The number of rotatable bonds is 2. The molecule has 1 aromatic heterocycles. The van der Waals surface area contributed by atoms with E-state index in [0.717, 1.165) is 0 Å². The maximum absolute atomic E-state index is 10.6. The summed E-state index contributed by atoms with van der Waals surface area (Å²) in [6, 6.07) is 3.32. The second-order valence-electron chi connectivity index (χ2n) is 2.46. The number of carbonyl (C=O) groups is 1. The van der Waals surface area contributed by atoms with Crippen molar-refractivity contribution in [1.29, 1.82) is 0 Å². The number of halogens is 2. The topological polar surface area (TPSA) is 30.0 Å². The number of nitrogens with zero attached hydrogens (tertiary/aromatic N) is 1. The van der Waals surface area contributed by atoms with E-state index in [4.69, 9.17) is 23.2 Å². The summed E-state index contributed by atoms with van der Waals surface area (Å²) >= 11 is 11.3. The average Bonchev–Trinajstić information content (AvgIpc) is 2.02. The Morgan fingerprint density at radius 2 is 2.15 bits per heavy atom. The summed E-state index contributed by atoms with van der Waals surface area (Å²) in [7, 11) is 0. The third-order valence-corrected chi connectivity index (χ3v) is 1.85. The van der Waals surface area contributed by atoms with Crippen LogP contribution in [0.15, 0.2) is 18.2 Å². The summed E-state index contributed by atoms with van der Waals surface area (Å²) in [4.78, 5) is 14.4. The van der Waals surface area contributed by atoms with Crippen LogP contribution in [0.5, 0.6) is 0 Å². The van der Waals surface area contributed by atoms with Gasteiger partial charge in [-0.05, 0) is 31.2 Å². The molecule has 0 aliphatic rings. The van der Waals surface area contributed by atoms with E-state index in [0.29, 0.717) is 15.9 Å². The molecule has 4 heteroatoms. The van der Waals surface area contributed by atoms with Crippen LogP contribution < -0.4 is 0 Å². The van der Waals surface area contributed by atoms with Gasteiger partial charge in [-0.3, -0.25) is 4.79 Å². The highest BCUT2D eigenvalue weighted by molar-refractivity contribution is 6.33. The van der Waals surface area contributed by atoms with Gasteiger partial charge in [-0.1, -0.05) is 23.2 Å². The van der Waals surface area contributed by atoms with Crippen LogP contribution in [-0.2, 0) is 4.79 Å². The molecule has 0 aliphatic carbocycles. The van der Waals surface area contributed by atoms with Crippen molar-refractivity contribution >= 4 is 35.1 Å². The molecular weight excluding hydrogens is 209 g/mol. The molecule has 1 heterocycles. The quantitative estimate of drug-likeness (QED) is 0.561. The molecule has 0 saturated carbocycles.